The van der Waals surface area contributed by atoms with Gasteiger partial charge >= 0.3 is 5.69 Å². The number of carbonyl (C=O) groups excluding carboxylic acids is 1. The van der Waals surface area contributed by atoms with Gasteiger partial charge in [0.15, 0.2) is 0 Å². The highest BCUT2D eigenvalue weighted by Gasteiger charge is 2.23. The van der Waals surface area contributed by atoms with Crippen molar-refractivity contribution < 1.29 is 4.79 Å². The Morgan fingerprint density at radius 1 is 1.17 bits per heavy atom. The van der Waals surface area contributed by atoms with Crippen molar-refractivity contribution in [3.63, 3.8) is 0 Å². The summed E-state index contributed by atoms with van der Waals surface area (Å²) in [6.45, 7) is 1.58. The van der Waals surface area contributed by atoms with Gasteiger partial charge in [-0.05, 0) is 48.9 Å². The molecule has 1 fully saturated rings. The van der Waals surface area contributed by atoms with Gasteiger partial charge in [-0.15, -0.1) is 0 Å². The molecule has 1 aliphatic rings. The van der Waals surface area contributed by atoms with Gasteiger partial charge in [0.25, 0.3) is 0 Å². The minimum atomic E-state index is -0.381. The highest BCUT2D eigenvalue weighted by atomic mass is 16.2. The number of rotatable bonds is 4. The van der Waals surface area contributed by atoms with E-state index in [9.17, 15) is 9.59 Å². The van der Waals surface area contributed by atoms with Crippen LogP contribution in [0.15, 0.2) is 47.8 Å². The Hall–Kier alpha value is -2.50. The molecule has 2 aromatic heterocycles. The lowest BCUT2D eigenvalue weighted by Crippen LogP contribution is -2.42. The Morgan fingerprint density at radius 3 is 2.61 bits per heavy atom. The van der Waals surface area contributed by atoms with E-state index in [0.29, 0.717) is 5.92 Å². The Kier molecular flexibility index (Phi) is 4.80. The molecule has 0 N–H and O–H groups in total. The second-order valence-electron chi connectivity index (χ2n) is 5.91. The maximum Gasteiger partial charge on any atom is 0.347 e. The van der Waals surface area contributed by atoms with Crippen molar-refractivity contribution in [3.8, 4) is 0 Å². The first kappa shape index (κ1) is 15.4. The van der Waals surface area contributed by atoms with Crippen LogP contribution in [0.5, 0.6) is 0 Å². The van der Waals surface area contributed by atoms with Crippen molar-refractivity contribution in [1.29, 1.82) is 0 Å². The van der Waals surface area contributed by atoms with E-state index in [1.165, 1.54) is 16.3 Å². The number of amides is 1. The van der Waals surface area contributed by atoms with Crippen LogP contribution in [-0.4, -0.2) is 38.4 Å². The Balaban J connectivity index is 1.51. The topological polar surface area (TPSA) is 68.1 Å². The van der Waals surface area contributed by atoms with Crippen LogP contribution in [0.2, 0.25) is 0 Å². The molecule has 0 bridgehead atoms. The standard InChI is InChI=1S/C17H20N4O2/c22-16(13-21-9-1-6-19-17(21)23)20-10-4-15(5-11-20)12-14-2-7-18-8-3-14/h1-3,6-9,15H,4-5,10-13H2. The molecule has 23 heavy (non-hydrogen) atoms. The monoisotopic (exact) mass is 312 g/mol. The Morgan fingerprint density at radius 2 is 1.91 bits per heavy atom. The summed E-state index contributed by atoms with van der Waals surface area (Å²) < 4.78 is 1.35. The summed E-state index contributed by atoms with van der Waals surface area (Å²) in [5.74, 6) is 0.588. The van der Waals surface area contributed by atoms with Gasteiger partial charge in [0.2, 0.25) is 5.91 Å². The van der Waals surface area contributed by atoms with Gasteiger partial charge in [-0.25, -0.2) is 9.78 Å². The SMILES string of the molecule is O=C(Cn1cccnc1=O)N1CCC(Cc2ccncc2)CC1. The molecule has 0 spiro atoms. The summed E-state index contributed by atoms with van der Waals surface area (Å²) in [6, 6.07) is 5.76. The number of pyridine rings is 1. The van der Waals surface area contributed by atoms with Crippen LogP contribution < -0.4 is 5.69 Å². The largest absolute Gasteiger partial charge is 0.347 e. The molecule has 3 heterocycles. The maximum absolute atomic E-state index is 12.3. The second-order valence-corrected chi connectivity index (χ2v) is 5.91. The number of piperidine rings is 1. The molecule has 120 valence electrons. The third-order valence-corrected chi connectivity index (χ3v) is 4.33. The molecular weight excluding hydrogens is 292 g/mol. The van der Waals surface area contributed by atoms with E-state index in [-0.39, 0.29) is 18.1 Å². The van der Waals surface area contributed by atoms with Crippen LogP contribution in [-0.2, 0) is 17.8 Å². The third kappa shape index (κ3) is 4.03. The fourth-order valence-electron chi connectivity index (χ4n) is 2.99. The molecule has 1 amide bonds. The van der Waals surface area contributed by atoms with E-state index in [0.717, 1.165) is 32.4 Å². The first-order chi connectivity index (χ1) is 11.2. The van der Waals surface area contributed by atoms with Crippen LogP contribution in [0.4, 0.5) is 0 Å². The van der Waals surface area contributed by atoms with E-state index in [2.05, 4.69) is 9.97 Å². The van der Waals surface area contributed by atoms with Crippen LogP contribution in [0.25, 0.3) is 0 Å². The molecule has 0 aromatic carbocycles. The normalized spacial score (nSPS) is 15.6. The Bertz CT molecular complexity index is 706. The lowest BCUT2D eigenvalue weighted by atomic mass is 9.90. The zero-order valence-corrected chi connectivity index (χ0v) is 13.0. The smallest absolute Gasteiger partial charge is 0.341 e. The molecule has 0 aliphatic carbocycles. The van der Waals surface area contributed by atoms with Crippen LogP contribution >= 0.6 is 0 Å². The summed E-state index contributed by atoms with van der Waals surface area (Å²) in [5, 5.41) is 0. The molecule has 2 aromatic rings. The molecule has 1 aliphatic heterocycles. The number of likely N-dealkylation sites (tertiary alicyclic amines) is 1. The number of carbonyl (C=O) groups is 1. The van der Waals surface area contributed by atoms with Gasteiger partial charge in [-0.2, -0.15) is 0 Å². The lowest BCUT2D eigenvalue weighted by molar-refractivity contribution is -0.133. The predicted molar refractivity (Wildman–Crippen MR) is 85.7 cm³/mol. The second kappa shape index (κ2) is 7.17. The van der Waals surface area contributed by atoms with Crippen molar-refractivity contribution in [2.45, 2.75) is 25.8 Å². The summed E-state index contributed by atoms with van der Waals surface area (Å²) in [4.78, 5) is 33.4. The van der Waals surface area contributed by atoms with Crippen molar-refractivity contribution in [1.82, 2.24) is 19.4 Å². The Labute approximate surface area is 134 Å². The molecule has 3 rings (SSSR count). The van der Waals surface area contributed by atoms with Gasteiger partial charge in [-0.1, -0.05) is 0 Å². The molecule has 0 unspecified atom stereocenters. The number of aromatic nitrogens is 3. The van der Waals surface area contributed by atoms with Gasteiger partial charge in [-0.3, -0.25) is 14.3 Å². The van der Waals surface area contributed by atoms with Crippen molar-refractivity contribution in [3.05, 3.63) is 59.0 Å². The van der Waals surface area contributed by atoms with Crippen LogP contribution in [0.3, 0.4) is 0 Å². The zero-order chi connectivity index (χ0) is 16.1. The molecule has 6 heteroatoms. The number of hydrogen-bond acceptors (Lipinski definition) is 4. The maximum atomic E-state index is 12.3. The third-order valence-electron chi connectivity index (χ3n) is 4.33. The van der Waals surface area contributed by atoms with Gasteiger partial charge in [0, 0.05) is 37.9 Å². The summed E-state index contributed by atoms with van der Waals surface area (Å²) >= 11 is 0. The van der Waals surface area contributed by atoms with Crippen molar-refractivity contribution in [2.24, 2.45) is 5.92 Å². The molecule has 0 radical (unpaired) electrons. The van der Waals surface area contributed by atoms with Crippen LogP contribution in [0.1, 0.15) is 18.4 Å². The summed E-state index contributed by atoms with van der Waals surface area (Å²) in [6.07, 6.45) is 9.70. The minimum absolute atomic E-state index is 0.0116. The van der Waals surface area contributed by atoms with Gasteiger partial charge in [0.05, 0.1) is 0 Å². The minimum Gasteiger partial charge on any atom is -0.341 e. The fourth-order valence-corrected chi connectivity index (χ4v) is 2.99. The lowest BCUT2D eigenvalue weighted by Gasteiger charge is -2.32. The number of hydrogen-bond donors (Lipinski definition) is 0. The molecule has 0 saturated carbocycles. The van der Waals surface area contributed by atoms with E-state index in [1.807, 2.05) is 29.4 Å². The van der Waals surface area contributed by atoms with Crippen molar-refractivity contribution in [2.75, 3.05) is 13.1 Å². The van der Waals surface area contributed by atoms with E-state index < -0.39 is 0 Å². The molecule has 0 atom stereocenters. The van der Waals surface area contributed by atoms with Gasteiger partial charge in [0.1, 0.15) is 6.54 Å². The summed E-state index contributed by atoms with van der Waals surface area (Å²) in [7, 11) is 0. The molecular formula is C17H20N4O2. The highest BCUT2D eigenvalue weighted by Crippen LogP contribution is 2.21. The van der Waals surface area contributed by atoms with Gasteiger partial charge < -0.3 is 4.90 Å². The average molecular weight is 312 g/mol. The molecule has 1 saturated heterocycles. The van der Waals surface area contributed by atoms with E-state index in [4.69, 9.17) is 0 Å². The molecule has 6 nitrogen and oxygen atoms in total. The van der Waals surface area contributed by atoms with E-state index in [1.54, 1.807) is 12.3 Å². The van der Waals surface area contributed by atoms with E-state index >= 15 is 0 Å². The summed E-state index contributed by atoms with van der Waals surface area (Å²) in [5.41, 5.74) is 0.917. The van der Waals surface area contributed by atoms with Crippen molar-refractivity contribution >= 4 is 5.91 Å². The zero-order valence-electron chi connectivity index (χ0n) is 13.0. The van der Waals surface area contributed by atoms with Crippen LogP contribution in [0, 0.1) is 5.92 Å². The fraction of sp³-hybridized carbons (Fsp3) is 0.412. The number of nitrogens with zero attached hydrogens (tertiary/aromatic N) is 4. The quantitative estimate of drug-likeness (QED) is 0.848. The highest BCUT2D eigenvalue weighted by molar-refractivity contribution is 5.76. The first-order valence-electron chi connectivity index (χ1n) is 7.90. The average Bonchev–Trinajstić information content (AvgIpc) is 2.58. The first-order valence-corrected chi connectivity index (χ1v) is 7.90. The predicted octanol–water partition coefficient (Wildman–Crippen LogP) is 1.12.